The van der Waals surface area contributed by atoms with Crippen molar-refractivity contribution in [2.45, 2.75) is 5.03 Å². The molecule has 0 fully saturated rings. The number of aromatic nitrogens is 3. The first-order chi connectivity index (χ1) is 9.24. The van der Waals surface area contributed by atoms with Crippen LogP contribution in [0.5, 0.6) is 0 Å². The Bertz CT molecular complexity index is 575. The number of hydrogen-bond donors (Lipinski definition) is 0. The van der Waals surface area contributed by atoms with Gasteiger partial charge in [0.25, 0.3) is 0 Å². The van der Waals surface area contributed by atoms with E-state index in [0.717, 1.165) is 10.6 Å². The highest BCUT2D eigenvalue weighted by Gasteiger charge is 2.09. The number of rotatable bonds is 4. The quantitative estimate of drug-likeness (QED) is 0.624. The summed E-state index contributed by atoms with van der Waals surface area (Å²) in [7, 11) is 2.88. The minimum atomic E-state index is -0.520. The van der Waals surface area contributed by atoms with Crippen molar-refractivity contribution in [3.63, 3.8) is 0 Å². The molecular weight excluding hydrogens is 266 g/mol. The molecule has 2 heterocycles. The van der Waals surface area contributed by atoms with Gasteiger partial charge in [-0.15, -0.1) is 0 Å². The predicted octanol–water partition coefficient (Wildman–Crippen LogP) is 1.98. The number of carbonyl (C=O) groups is 1. The van der Waals surface area contributed by atoms with Gasteiger partial charge in [-0.25, -0.2) is 14.8 Å². The van der Waals surface area contributed by atoms with Crippen molar-refractivity contribution in [3.8, 4) is 11.3 Å². The second kappa shape index (κ2) is 6.26. The highest BCUT2D eigenvalue weighted by molar-refractivity contribution is 7.94. The molecule has 0 spiro atoms. The molecule has 0 saturated heterocycles. The second-order valence-corrected chi connectivity index (χ2v) is 4.33. The number of hydrogen-bond acceptors (Lipinski definition) is 7. The third-order valence-corrected chi connectivity index (χ3v) is 2.81. The molecule has 0 radical (unpaired) electrons. The van der Waals surface area contributed by atoms with Gasteiger partial charge in [0.05, 0.1) is 32.3 Å². The third kappa shape index (κ3) is 3.27. The molecule has 19 heavy (non-hydrogen) atoms. The summed E-state index contributed by atoms with van der Waals surface area (Å²) in [5.41, 5.74) is 1.48. The lowest BCUT2D eigenvalue weighted by Gasteiger charge is -2.03. The van der Waals surface area contributed by atoms with Crippen LogP contribution in [0.1, 0.15) is 10.5 Å². The minimum absolute atomic E-state index is 0.162. The molecule has 6 nitrogen and oxygen atoms in total. The van der Waals surface area contributed by atoms with Crippen LogP contribution in [0, 0.1) is 0 Å². The maximum atomic E-state index is 11.4. The van der Waals surface area contributed by atoms with Gasteiger partial charge in [0.2, 0.25) is 0 Å². The standard InChI is InChI=1S/C12H11N3O3S/c1-17-12(16)10-7-13-6-9(15-10)8-3-4-11(14-5-8)19-18-2/h3-7H,1-2H3. The Morgan fingerprint density at radius 2 is 2.05 bits per heavy atom. The van der Waals surface area contributed by atoms with Crippen LogP contribution in [0.4, 0.5) is 0 Å². The van der Waals surface area contributed by atoms with Crippen LogP contribution in [0.3, 0.4) is 0 Å². The summed E-state index contributed by atoms with van der Waals surface area (Å²) in [5.74, 6) is -0.520. The maximum Gasteiger partial charge on any atom is 0.358 e. The molecule has 0 aliphatic rings. The minimum Gasteiger partial charge on any atom is -0.464 e. The Labute approximate surface area is 114 Å². The van der Waals surface area contributed by atoms with E-state index in [4.69, 9.17) is 4.18 Å². The Hall–Kier alpha value is -1.99. The van der Waals surface area contributed by atoms with E-state index >= 15 is 0 Å². The lowest BCUT2D eigenvalue weighted by Crippen LogP contribution is -2.05. The van der Waals surface area contributed by atoms with Gasteiger partial charge in [-0.1, -0.05) is 0 Å². The number of pyridine rings is 1. The van der Waals surface area contributed by atoms with E-state index < -0.39 is 5.97 Å². The fourth-order valence-corrected chi connectivity index (χ4v) is 1.76. The van der Waals surface area contributed by atoms with Crippen LogP contribution in [0.15, 0.2) is 35.7 Å². The molecule has 0 bridgehead atoms. The normalized spacial score (nSPS) is 10.2. The summed E-state index contributed by atoms with van der Waals surface area (Å²) in [4.78, 5) is 23.7. The first-order valence-corrected chi connectivity index (χ1v) is 6.06. The van der Waals surface area contributed by atoms with Crippen molar-refractivity contribution >= 4 is 18.0 Å². The van der Waals surface area contributed by atoms with Crippen LogP contribution in [-0.4, -0.2) is 35.1 Å². The summed E-state index contributed by atoms with van der Waals surface area (Å²) >= 11 is 1.17. The second-order valence-electron chi connectivity index (χ2n) is 3.42. The highest BCUT2D eigenvalue weighted by atomic mass is 32.2. The molecule has 0 unspecified atom stereocenters. The van der Waals surface area contributed by atoms with Gasteiger partial charge >= 0.3 is 5.97 Å². The van der Waals surface area contributed by atoms with E-state index in [2.05, 4.69) is 19.7 Å². The van der Waals surface area contributed by atoms with E-state index in [1.807, 2.05) is 6.07 Å². The van der Waals surface area contributed by atoms with Gasteiger partial charge in [0.1, 0.15) is 5.03 Å². The first kappa shape index (κ1) is 13.4. The van der Waals surface area contributed by atoms with Crippen LogP contribution in [0.2, 0.25) is 0 Å². The molecule has 98 valence electrons. The third-order valence-electron chi connectivity index (χ3n) is 2.23. The number of nitrogens with zero attached hydrogens (tertiary/aromatic N) is 3. The van der Waals surface area contributed by atoms with Crippen LogP contribution < -0.4 is 0 Å². The lowest BCUT2D eigenvalue weighted by molar-refractivity contribution is 0.0593. The van der Waals surface area contributed by atoms with E-state index in [9.17, 15) is 4.79 Å². The van der Waals surface area contributed by atoms with Crippen molar-refractivity contribution in [2.75, 3.05) is 14.2 Å². The topological polar surface area (TPSA) is 74.2 Å². The molecular formula is C12H11N3O3S. The average Bonchev–Trinajstić information content (AvgIpc) is 2.48. The predicted molar refractivity (Wildman–Crippen MR) is 69.5 cm³/mol. The summed E-state index contributed by atoms with van der Waals surface area (Å²) in [6.45, 7) is 0. The molecule has 0 atom stereocenters. The first-order valence-electron chi connectivity index (χ1n) is 5.32. The van der Waals surface area contributed by atoms with Crippen LogP contribution >= 0.6 is 12.0 Å². The maximum absolute atomic E-state index is 11.4. The smallest absolute Gasteiger partial charge is 0.358 e. The number of esters is 1. The van der Waals surface area contributed by atoms with Crippen molar-refractivity contribution in [2.24, 2.45) is 0 Å². The summed E-state index contributed by atoms with van der Waals surface area (Å²) in [6, 6.07) is 3.63. The number of carbonyl (C=O) groups excluding carboxylic acids is 1. The summed E-state index contributed by atoms with van der Waals surface area (Å²) < 4.78 is 9.50. The van der Waals surface area contributed by atoms with Crippen molar-refractivity contribution < 1.29 is 13.7 Å². The molecule has 0 saturated carbocycles. The van der Waals surface area contributed by atoms with Gasteiger partial charge in [-0.3, -0.25) is 4.98 Å². The molecule has 2 rings (SSSR count). The van der Waals surface area contributed by atoms with Gasteiger partial charge in [-0.05, 0) is 12.1 Å². The fourth-order valence-electron chi connectivity index (χ4n) is 1.37. The number of ether oxygens (including phenoxy) is 1. The largest absolute Gasteiger partial charge is 0.464 e. The Morgan fingerprint density at radius 3 is 2.68 bits per heavy atom. The van der Waals surface area contributed by atoms with Gasteiger partial charge in [0, 0.05) is 23.8 Å². The zero-order valence-electron chi connectivity index (χ0n) is 10.4. The summed E-state index contributed by atoms with van der Waals surface area (Å²) in [6.07, 6.45) is 4.57. The van der Waals surface area contributed by atoms with Crippen molar-refractivity contribution in [1.82, 2.24) is 15.0 Å². The molecule has 0 N–H and O–H groups in total. The van der Waals surface area contributed by atoms with E-state index in [-0.39, 0.29) is 5.69 Å². The monoisotopic (exact) mass is 277 g/mol. The van der Waals surface area contributed by atoms with Crippen molar-refractivity contribution in [1.29, 1.82) is 0 Å². The Kier molecular flexibility index (Phi) is 4.43. The Balaban J connectivity index is 2.28. The highest BCUT2D eigenvalue weighted by Crippen LogP contribution is 2.20. The van der Waals surface area contributed by atoms with E-state index in [0.29, 0.717) is 5.69 Å². The van der Waals surface area contributed by atoms with E-state index in [1.54, 1.807) is 25.6 Å². The van der Waals surface area contributed by atoms with Gasteiger partial charge < -0.3 is 8.92 Å². The van der Waals surface area contributed by atoms with E-state index in [1.165, 1.54) is 25.3 Å². The molecule has 2 aromatic rings. The molecule has 7 heteroatoms. The van der Waals surface area contributed by atoms with Crippen molar-refractivity contribution in [3.05, 3.63) is 36.4 Å². The summed E-state index contributed by atoms with van der Waals surface area (Å²) in [5, 5.41) is 0.739. The molecule has 2 aromatic heterocycles. The molecule has 0 aliphatic carbocycles. The zero-order valence-corrected chi connectivity index (χ0v) is 11.2. The van der Waals surface area contributed by atoms with Crippen LogP contribution in [-0.2, 0) is 8.92 Å². The van der Waals surface area contributed by atoms with Crippen LogP contribution in [0.25, 0.3) is 11.3 Å². The molecule has 0 amide bonds. The van der Waals surface area contributed by atoms with Gasteiger partial charge in [-0.2, -0.15) is 0 Å². The number of methoxy groups -OCH3 is 1. The average molecular weight is 277 g/mol. The Morgan fingerprint density at radius 1 is 1.21 bits per heavy atom. The SMILES string of the molecule is COSc1ccc(-c2cncc(C(=O)OC)n2)cn1. The fraction of sp³-hybridized carbons (Fsp3) is 0.167. The molecule has 0 aliphatic heterocycles. The molecule has 0 aromatic carbocycles. The zero-order chi connectivity index (χ0) is 13.7. The van der Waals surface area contributed by atoms with Gasteiger partial charge in [0.15, 0.2) is 5.69 Å². The lowest BCUT2D eigenvalue weighted by atomic mass is 10.2.